The molecule has 10 heteroatoms. The fourth-order valence-corrected chi connectivity index (χ4v) is 3.91. The highest BCUT2D eigenvalue weighted by atomic mass is 16.2. The van der Waals surface area contributed by atoms with Gasteiger partial charge in [-0.25, -0.2) is 4.98 Å². The second-order valence-electron chi connectivity index (χ2n) is 10.1. The number of nitrogens with zero attached hydrogens (tertiary/aromatic N) is 5. The Hall–Kier alpha value is -4.41. The highest BCUT2D eigenvalue weighted by Gasteiger charge is 2.31. The van der Waals surface area contributed by atoms with Gasteiger partial charge in [0, 0.05) is 43.9 Å². The minimum atomic E-state index is -0.569. The van der Waals surface area contributed by atoms with Gasteiger partial charge in [0.1, 0.15) is 11.9 Å². The van der Waals surface area contributed by atoms with E-state index in [-0.39, 0.29) is 23.8 Å². The molecule has 40 heavy (non-hydrogen) atoms. The molecule has 0 bridgehead atoms. The molecule has 0 unspecified atom stereocenters. The van der Waals surface area contributed by atoms with E-state index < -0.39 is 6.04 Å². The Morgan fingerprint density at radius 2 is 2.02 bits per heavy atom. The molecule has 1 atom stereocenters. The number of hydrogen-bond acceptors (Lipinski definition) is 8. The lowest BCUT2D eigenvalue weighted by Gasteiger charge is -2.34. The molecule has 3 N–H and O–H groups in total. The van der Waals surface area contributed by atoms with E-state index in [4.69, 9.17) is 5.26 Å². The maximum Gasteiger partial charge on any atom is 0.246 e. The van der Waals surface area contributed by atoms with Gasteiger partial charge in [-0.15, -0.1) is 0 Å². The van der Waals surface area contributed by atoms with E-state index in [1.54, 1.807) is 44.4 Å². The first-order valence-electron chi connectivity index (χ1n) is 13.5. The van der Waals surface area contributed by atoms with Crippen LogP contribution in [0.5, 0.6) is 0 Å². The van der Waals surface area contributed by atoms with Gasteiger partial charge in [-0.1, -0.05) is 30.9 Å². The van der Waals surface area contributed by atoms with Crippen LogP contribution < -0.4 is 16.0 Å². The van der Waals surface area contributed by atoms with E-state index in [1.165, 1.54) is 11.0 Å². The number of aromatic nitrogens is 2. The summed E-state index contributed by atoms with van der Waals surface area (Å²) in [5, 5.41) is 18.6. The molecule has 210 valence electrons. The summed E-state index contributed by atoms with van der Waals surface area (Å²) in [7, 11) is 5.49. The summed E-state index contributed by atoms with van der Waals surface area (Å²) in [4.78, 5) is 37.4. The molecule has 1 aromatic heterocycles. The Labute approximate surface area is 236 Å². The van der Waals surface area contributed by atoms with Crippen LogP contribution in [0.3, 0.4) is 0 Å². The third-order valence-electron chi connectivity index (χ3n) is 6.51. The zero-order valence-corrected chi connectivity index (χ0v) is 23.9. The molecule has 1 fully saturated rings. The van der Waals surface area contributed by atoms with Crippen molar-refractivity contribution in [3.63, 3.8) is 0 Å². The van der Waals surface area contributed by atoms with E-state index in [0.717, 1.165) is 31.5 Å². The SMILES string of the molecule is CCCNc1nc(Nc2cccc(C#N)c2)ncc1C#CC1CC(NC(=O)[C@H](C)N(C)C(=O)/C=C/CN(C)C)C1. The number of nitriles is 1. The average molecular weight is 543 g/mol. The number of carbonyl (C=O) groups is 2. The van der Waals surface area contributed by atoms with Gasteiger partial charge >= 0.3 is 0 Å². The Morgan fingerprint density at radius 1 is 1.25 bits per heavy atom. The van der Waals surface area contributed by atoms with Crippen LogP contribution >= 0.6 is 0 Å². The summed E-state index contributed by atoms with van der Waals surface area (Å²) >= 11 is 0. The van der Waals surface area contributed by atoms with Crippen LogP contribution in [0, 0.1) is 29.1 Å². The topological polar surface area (TPSA) is 126 Å². The predicted molar refractivity (Wildman–Crippen MR) is 157 cm³/mol. The fraction of sp³-hybridized carbons (Fsp3) is 0.433. The number of rotatable bonds is 11. The van der Waals surface area contributed by atoms with Gasteiger partial charge in [-0.2, -0.15) is 10.2 Å². The molecule has 1 aromatic carbocycles. The molecule has 1 saturated carbocycles. The Balaban J connectivity index is 1.56. The number of carbonyl (C=O) groups excluding carboxylic acids is 2. The van der Waals surface area contributed by atoms with E-state index >= 15 is 0 Å². The maximum absolute atomic E-state index is 12.7. The molecule has 2 amide bonds. The molecular formula is C30H38N8O2. The maximum atomic E-state index is 12.7. The van der Waals surface area contributed by atoms with Gasteiger partial charge in [0.15, 0.2) is 0 Å². The number of hydrogen-bond donors (Lipinski definition) is 3. The number of likely N-dealkylation sites (N-methyl/N-ethyl adjacent to an activating group) is 2. The summed E-state index contributed by atoms with van der Waals surface area (Å²) in [6.07, 6.45) is 7.40. The predicted octanol–water partition coefficient (Wildman–Crippen LogP) is 3.12. The second kappa shape index (κ2) is 14.7. The Bertz CT molecular complexity index is 1310. The van der Waals surface area contributed by atoms with Gasteiger partial charge in [-0.3, -0.25) is 9.59 Å². The highest BCUT2D eigenvalue weighted by molar-refractivity contribution is 5.92. The first kappa shape index (κ1) is 30.1. The third-order valence-corrected chi connectivity index (χ3v) is 6.51. The quantitative estimate of drug-likeness (QED) is 0.292. The van der Waals surface area contributed by atoms with E-state index in [1.807, 2.05) is 25.1 Å². The minimum absolute atomic E-state index is 0.0340. The standard InChI is InChI=1S/C30H38N8O2/c1-6-14-32-28-24(20-33-30(36-28)35-25-10-7-9-23(18-25)19-31)13-12-22-16-26(17-22)34-29(40)21(2)38(5)27(39)11-8-15-37(3)4/h7-11,18,20-22,26H,6,14-17H2,1-5H3,(H,34,40)(H2,32,33,35,36)/b11-8+/t21-,22?,26?/m0/s1. The van der Waals surface area contributed by atoms with Crippen LogP contribution in [0.2, 0.25) is 0 Å². The van der Waals surface area contributed by atoms with E-state index in [0.29, 0.717) is 29.4 Å². The van der Waals surface area contributed by atoms with Gasteiger partial charge in [0.25, 0.3) is 0 Å². The van der Waals surface area contributed by atoms with Crippen LogP contribution in [0.4, 0.5) is 17.5 Å². The first-order valence-corrected chi connectivity index (χ1v) is 13.5. The smallest absolute Gasteiger partial charge is 0.246 e. The van der Waals surface area contributed by atoms with Crippen molar-refractivity contribution in [2.45, 2.75) is 45.2 Å². The monoisotopic (exact) mass is 542 g/mol. The molecule has 0 saturated heterocycles. The lowest BCUT2D eigenvalue weighted by atomic mass is 9.80. The van der Waals surface area contributed by atoms with Gasteiger partial charge in [0.05, 0.1) is 23.4 Å². The van der Waals surface area contributed by atoms with Crippen molar-refractivity contribution in [2.75, 3.05) is 44.9 Å². The highest BCUT2D eigenvalue weighted by Crippen LogP contribution is 2.27. The second-order valence-corrected chi connectivity index (χ2v) is 10.1. The van der Waals surface area contributed by atoms with Gasteiger partial charge < -0.3 is 25.8 Å². The molecule has 10 nitrogen and oxygen atoms in total. The minimum Gasteiger partial charge on any atom is -0.369 e. The van der Waals surface area contributed by atoms with E-state index in [9.17, 15) is 9.59 Å². The van der Waals surface area contributed by atoms with Crippen LogP contribution in [0.15, 0.2) is 42.6 Å². The molecule has 1 aliphatic rings. The zero-order chi connectivity index (χ0) is 29.1. The molecule has 0 aliphatic heterocycles. The fourth-order valence-electron chi connectivity index (χ4n) is 3.91. The lowest BCUT2D eigenvalue weighted by Crippen LogP contribution is -2.51. The zero-order valence-electron chi connectivity index (χ0n) is 23.9. The Morgan fingerprint density at radius 3 is 2.73 bits per heavy atom. The van der Waals surface area contributed by atoms with Crippen molar-refractivity contribution in [1.29, 1.82) is 5.26 Å². The van der Waals surface area contributed by atoms with Crippen LogP contribution in [-0.2, 0) is 9.59 Å². The van der Waals surface area contributed by atoms with Crippen molar-refractivity contribution in [1.82, 2.24) is 25.1 Å². The summed E-state index contributed by atoms with van der Waals surface area (Å²) in [5.41, 5.74) is 1.98. The third kappa shape index (κ3) is 8.82. The Kier molecular flexibility index (Phi) is 11.0. The number of anilines is 3. The summed E-state index contributed by atoms with van der Waals surface area (Å²) in [6, 6.07) is 8.72. The summed E-state index contributed by atoms with van der Waals surface area (Å²) < 4.78 is 0. The summed E-state index contributed by atoms with van der Waals surface area (Å²) in [6.45, 7) is 5.21. The largest absolute Gasteiger partial charge is 0.369 e. The molecule has 1 aliphatic carbocycles. The lowest BCUT2D eigenvalue weighted by molar-refractivity contribution is -0.135. The van der Waals surface area contributed by atoms with Gasteiger partial charge in [-0.05, 0) is 58.5 Å². The molecule has 0 spiro atoms. The van der Waals surface area contributed by atoms with Crippen LogP contribution in [0.1, 0.15) is 44.2 Å². The number of benzene rings is 1. The molecule has 0 radical (unpaired) electrons. The molecule has 3 rings (SSSR count). The van der Waals surface area contributed by atoms with Crippen molar-refractivity contribution >= 4 is 29.3 Å². The van der Waals surface area contributed by atoms with E-state index in [2.05, 4.69) is 50.8 Å². The van der Waals surface area contributed by atoms with Gasteiger partial charge in [0.2, 0.25) is 17.8 Å². The van der Waals surface area contributed by atoms with Crippen LogP contribution in [-0.4, -0.2) is 77.9 Å². The normalized spacial score (nSPS) is 16.7. The summed E-state index contributed by atoms with van der Waals surface area (Å²) in [5.74, 6) is 7.33. The van der Waals surface area contributed by atoms with Crippen molar-refractivity contribution in [3.05, 3.63) is 53.7 Å². The van der Waals surface area contributed by atoms with Crippen molar-refractivity contribution < 1.29 is 9.59 Å². The number of amides is 2. The van der Waals surface area contributed by atoms with Crippen molar-refractivity contribution in [2.24, 2.45) is 5.92 Å². The molecular weight excluding hydrogens is 504 g/mol. The molecule has 2 aromatic rings. The molecule has 1 heterocycles. The first-order chi connectivity index (χ1) is 19.2. The van der Waals surface area contributed by atoms with Crippen molar-refractivity contribution in [3.8, 4) is 17.9 Å². The van der Waals surface area contributed by atoms with Crippen LogP contribution in [0.25, 0.3) is 0 Å². The average Bonchev–Trinajstić information content (AvgIpc) is 2.92. The number of nitrogens with one attached hydrogen (secondary N) is 3.